The summed E-state index contributed by atoms with van der Waals surface area (Å²) in [6.45, 7) is 37.6. The van der Waals surface area contributed by atoms with E-state index < -0.39 is 16.6 Å². The summed E-state index contributed by atoms with van der Waals surface area (Å²) in [6, 6.07) is 7.06. The minimum absolute atomic E-state index is 0.105. The molecule has 2 rings (SSSR count). The van der Waals surface area contributed by atoms with Crippen LogP contribution in [0.1, 0.15) is 117 Å². The first-order valence-corrected chi connectivity index (χ1v) is 24.5. The van der Waals surface area contributed by atoms with E-state index >= 15 is 0 Å². The van der Waals surface area contributed by atoms with E-state index in [1.807, 2.05) is 0 Å². The molecule has 1 saturated carbocycles. The molecular weight excluding hydrogens is 645 g/mol. The normalized spacial score (nSPS) is 21.1. The smallest absolute Gasteiger partial charge is 0.302 e. The second-order valence-electron chi connectivity index (χ2n) is 17.5. The number of carbonyl (C=O) groups is 1. The van der Waals surface area contributed by atoms with Gasteiger partial charge in [0.25, 0.3) is 0 Å². The largest absolute Gasteiger partial charge is 0.462 e. The third-order valence-electron chi connectivity index (χ3n) is 11.6. The van der Waals surface area contributed by atoms with Gasteiger partial charge in [0.1, 0.15) is 6.10 Å². The average Bonchev–Trinajstić information content (AvgIpc) is 3.29. The van der Waals surface area contributed by atoms with Crippen LogP contribution in [0.2, 0.25) is 36.3 Å². The third-order valence-corrected chi connectivity index (χ3v) is 20.6. The summed E-state index contributed by atoms with van der Waals surface area (Å²) in [6.07, 6.45) is 9.94. The molecule has 0 spiro atoms. The zero-order valence-corrected chi connectivity index (χ0v) is 35.5. The first-order valence-electron chi connectivity index (χ1n) is 18.7. The fourth-order valence-electron chi connectivity index (χ4n) is 6.53. The quantitative estimate of drug-likeness (QED) is 0.0546. The van der Waals surface area contributed by atoms with Crippen molar-refractivity contribution in [1.82, 2.24) is 0 Å². The van der Waals surface area contributed by atoms with E-state index in [4.69, 9.17) is 23.1 Å². The predicted octanol–water partition coefficient (Wildman–Crippen LogP) is 10.9. The van der Waals surface area contributed by atoms with Gasteiger partial charge in [-0.2, -0.15) is 0 Å². The van der Waals surface area contributed by atoms with Gasteiger partial charge in [-0.3, -0.25) is 4.79 Å². The highest BCUT2D eigenvalue weighted by Crippen LogP contribution is 2.54. The first kappa shape index (κ1) is 43.6. The van der Waals surface area contributed by atoms with E-state index in [0.29, 0.717) is 33.0 Å². The minimum Gasteiger partial charge on any atom is -0.462 e. The van der Waals surface area contributed by atoms with Crippen LogP contribution < -0.4 is 0 Å². The standard InChI is InChI=1S/C41H72O6Si2/c1-15-25-43-27-17-19-35(47-49(13,14)40(7,8)9)30-33-20-21-36(34(29-33)31-45-48(11,12)39(4,5)6)37-22-23-38(46-32(3)42)41(37,10)24-18-28-44-26-16-2/h15-16,20-21,29,35,37-38H,1-2,17-19,22-28,30-31H2,3-14H3/t35-,37-,38-,41-/m0/s1. The van der Waals surface area contributed by atoms with Crippen LogP contribution in [0.5, 0.6) is 0 Å². The van der Waals surface area contributed by atoms with Crippen LogP contribution in [0.4, 0.5) is 0 Å². The van der Waals surface area contributed by atoms with Crippen LogP contribution in [0.25, 0.3) is 0 Å². The Morgan fingerprint density at radius 1 is 0.939 bits per heavy atom. The Labute approximate surface area is 303 Å². The summed E-state index contributed by atoms with van der Waals surface area (Å²) in [5.74, 6) is 0.0314. The average molecular weight is 717 g/mol. The summed E-state index contributed by atoms with van der Waals surface area (Å²) >= 11 is 0. The molecule has 0 radical (unpaired) electrons. The highest BCUT2D eigenvalue weighted by atomic mass is 28.4. The van der Waals surface area contributed by atoms with Crippen molar-refractivity contribution in [3.63, 3.8) is 0 Å². The molecule has 0 N–H and O–H groups in total. The molecule has 6 nitrogen and oxygen atoms in total. The topological polar surface area (TPSA) is 63.2 Å². The molecule has 0 aromatic heterocycles. The lowest BCUT2D eigenvalue weighted by atomic mass is 9.70. The second kappa shape index (κ2) is 18.8. The number of hydrogen-bond acceptors (Lipinski definition) is 6. The number of rotatable bonds is 21. The summed E-state index contributed by atoms with van der Waals surface area (Å²) in [5, 5.41) is 0.229. The van der Waals surface area contributed by atoms with Crippen LogP contribution in [0.15, 0.2) is 43.5 Å². The van der Waals surface area contributed by atoms with Gasteiger partial charge in [0, 0.05) is 31.7 Å². The lowest BCUT2D eigenvalue weighted by molar-refractivity contribution is -0.152. The zero-order chi connectivity index (χ0) is 37.1. The number of benzene rings is 1. The van der Waals surface area contributed by atoms with Gasteiger partial charge in [0.15, 0.2) is 16.6 Å². The Kier molecular flexibility index (Phi) is 16.7. The molecule has 0 bridgehead atoms. The van der Waals surface area contributed by atoms with Gasteiger partial charge in [-0.05, 0) is 104 Å². The van der Waals surface area contributed by atoms with Crippen LogP contribution >= 0.6 is 0 Å². The van der Waals surface area contributed by atoms with Gasteiger partial charge in [0.2, 0.25) is 0 Å². The Balaban J connectivity index is 2.53. The zero-order valence-electron chi connectivity index (χ0n) is 33.5. The molecule has 1 aromatic rings. The molecule has 0 heterocycles. The molecule has 280 valence electrons. The van der Waals surface area contributed by atoms with Crippen molar-refractivity contribution in [3.8, 4) is 0 Å². The van der Waals surface area contributed by atoms with Gasteiger partial charge >= 0.3 is 5.97 Å². The Hall–Kier alpha value is -1.56. The summed E-state index contributed by atoms with van der Waals surface area (Å²) in [5.41, 5.74) is 3.65. The monoisotopic (exact) mass is 716 g/mol. The molecule has 0 saturated heterocycles. The Bertz CT molecular complexity index is 1200. The number of esters is 1. The van der Waals surface area contributed by atoms with Gasteiger partial charge in [-0.1, -0.05) is 78.8 Å². The summed E-state index contributed by atoms with van der Waals surface area (Å²) in [7, 11) is -4.02. The van der Waals surface area contributed by atoms with E-state index in [2.05, 4.69) is 106 Å². The van der Waals surface area contributed by atoms with E-state index in [-0.39, 0.29) is 39.6 Å². The van der Waals surface area contributed by atoms with E-state index in [1.165, 1.54) is 23.6 Å². The number of carbonyl (C=O) groups excluding carboxylic acids is 1. The molecule has 0 aliphatic heterocycles. The molecular formula is C41H72O6Si2. The highest BCUT2D eigenvalue weighted by Gasteiger charge is 2.49. The highest BCUT2D eigenvalue weighted by molar-refractivity contribution is 6.74. The second-order valence-corrected chi connectivity index (χ2v) is 27.1. The van der Waals surface area contributed by atoms with Crippen molar-refractivity contribution in [2.24, 2.45) is 5.41 Å². The Morgan fingerprint density at radius 3 is 2.08 bits per heavy atom. The minimum atomic E-state index is -2.02. The fraction of sp³-hybridized carbons (Fsp3) is 0.732. The van der Waals surface area contributed by atoms with E-state index in [1.54, 1.807) is 12.2 Å². The van der Waals surface area contributed by atoms with Gasteiger partial charge < -0.3 is 23.1 Å². The van der Waals surface area contributed by atoms with Gasteiger partial charge in [-0.15, -0.1) is 13.2 Å². The molecule has 1 aliphatic carbocycles. The van der Waals surface area contributed by atoms with Crippen LogP contribution in [-0.2, 0) is 40.9 Å². The lowest BCUT2D eigenvalue weighted by Crippen LogP contribution is -2.44. The number of hydrogen-bond donors (Lipinski definition) is 0. The van der Waals surface area contributed by atoms with Gasteiger partial charge in [0.05, 0.1) is 19.8 Å². The van der Waals surface area contributed by atoms with Crippen LogP contribution in [0, 0.1) is 5.41 Å². The summed E-state index contributed by atoms with van der Waals surface area (Å²) in [4.78, 5) is 12.3. The molecule has 1 aliphatic rings. The molecule has 0 unspecified atom stereocenters. The molecule has 0 amide bonds. The lowest BCUT2D eigenvalue weighted by Gasteiger charge is -2.40. The van der Waals surface area contributed by atoms with Crippen LogP contribution in [-0.4, -0.2) is 61.2 Å². The van der Waals surface area contributed by atoms with Crippen molar-refractivity contribution in [3.05, 3.63) is 60.2 Å². The third kappa shape index (κ3) is 12.9. The van der Waals surface area contributed by atoms with Crippen molar-refractivity contribution in [2.75, 3.05) is 26.4 Å². The molecule has 1 fully saturated rings. The molecule has 1 aromatic carbocycles. The SMILES string of the molecule is C=CCOCCC[C@@H](Cc1ccc([C@@H]2CC[C@H](OC(C)=O)[C@@]2(C)CCCOCC=C)c(CO[Si](C)(C)C(C)(C)C)c1)O[Si](C)(C)C(C)(C)C. The first-order chi connectivity index (χ1) is 22.7. The molecule has 49 heavy (non-hydrogen) atoms. The maximum Gasteiger partial charge on any atom is 0.302 e. The van der Waals surface area contributed by atoms with E-state index in [0.717, 1.165) is 44.9 Å². The predicted molar refractivity (Wildman–Crippen MR) is 210 cm³/mol. The van der Waals surface area contributed by atoms with Crippen molar-refractivity contribution >= 4 is 22.6 Å². The van der Waals surface area contributed by atoms with Crippen molar-refractivity contribution in [1.29, 1.82) is 0 Å². The van der Waals surface area contributed by atoms with E-state index in [9.17, 15) is 4.79 Å². The summed E-state index contributed by atoms with van der Waals surface area (Å²) < 4.78 is 31.5. The maximum atomic E-state index is 12.3. The molecule has 8 heteroatoms. The van der Waals surface area contributed by atoms with Crippen molar-refractivity contribution < 1.29 is 27.9 Å². The van der Waals surface area contributed by atoms with Gasteiger partial charge in [-0.25, -0.2) is 0 Å². The fourth-order valence-corrected chi connectivity index (χ4v) is 8.87. The maximum absolute atomic E-state index is 12.3. The van der Waals surface area contributed by atoms with Crippen molar-refractivity contribution in [2.45, 2.75) is 161 Å². The van der Waals surface area contributed by atoms with Crippen LogP contribution in [0.3, 0.4) is 0 Å². The molecule has 4 atom stereocenters. The number of ether oxygens (including phenoxy) is 3. The Morgan fingerprint density at radius 2 is 1.53 bits per heavy atom.